The molecule has 3 N–H and O–H groups in total. The standard InChI is InChI=1S/C14H14N2/c15-14(16)10-12-8-4-5-9-13(12)11-6-2-1-3-7-11/h1-9H,10H2,(H3,15,16). The lowest BCUT2D eigenvalue weighted by molar-refractivity contribution is 1.25. The first-order valence-electron chi connectivity index (χ1n) is 5.23. The Balaban J connectivity index is 2.44. The van der Waals surface area contributed by atoms with Crippen molar-refractivity contribution in [2.75, 3.05) is 0 Å². The average molecular weight is 210 g/mol. The minimum absolute atomic E-state index is 0.198. The summed E-state index contributed by atoms with van der Waals surface area (Å²) in [5, 5.41) is 7.37. The summed E-state index contributed by atoms with van der Waals surface area (Å²) in [5.74, 6) is 0.198. The van der Waals surface area contributed by atoms with Gasteiger partial charge in [-0.25, -0.2) is 0 Å². The van der Waals surface area contributed by atoms with E-state index in [0.717, 1.165) is 11.1 Å². The number of hydrogen-bond acceptors (Lipinski definition) is 1. The first kappa shape index (κ1) is 10.4. The first-order valence-corrected chi connectivity index (χ1v) is 5.23. The average Bonchev–Trinajstić information content (AvgIpc) is 2.30. The molecule has 2 heteroatoms. The van der Waals surface area contributed by atoms with Crippen LogP contribution < -0.4 is 5.73 Å². The smallest absolute Gasteiger partial charge is 0.0950 e. The van der Waals surface area contributed by atoms with Crippen LogP contribution in [0.25, 0.3) is 11.1 Å². The highest BCUT2D eigenvalue weighted by Gasteiger charge is 2.04. The van der Waals surface area contributed by atoms with Crippen LogP contribution >= 0.6 is 0 Å². The predicted octanol–water partition coefficient (Wildman–Crippen LogP) is 2.83. The van der Waals surface area contributed by atoms with E-state index in [1.54, 1.807) is 0 Å². The van der Waals surface area contributed by atoms with Crippen molar-refractivity contribution in [2.45, 2.75) is 6.42 Å². The highest BCUT2D eigenvalue weighted by Crippen LogP contribution is 2.23. The molecule has 2 aromatic rings. The minimum Gasteiger partial charge on any atom is -0.387 e. The Morgan fingerprint density at radius 1 is 0.938 bits per heavy atom. The fourth-order valence-corrected chi connectivity index (χ4v) is 1.78. The molecule has 0 radical (unpaired) electrons. The number of hydrogen-bond donors (Lipinski definition) is 2. The molecule has 2 nitrogen and oxygen atoms in total. The maximum absolute atomic E-state index is 7.37. The molecule has 0 saturated heterocycles. The molecule has 16 heavy (non-hydrogen) atoms. The number of rotatable bonds is 3. The Kier molecular flexibility index (Phi) is 3.01. The maximum Gasteiger partial charge on any atom is 0.0950 e. The lowest BCUT2D eigenvalue weighted by Gasteiger charge is -2.08. The fraction of sp³-hybridized carbons (Fsp3) is 0.0714. The van der Waals surface area contributed by atoms with E-state index >= 15 is 0 Å². The highest BCUT2D eigenvalue weighted by molar-refractivity contribution is 5.82. The molecule has 2 rings (SSSR count). The Bertz CT molecular complexity index is 489. The lowest BCUT2D eigenvalue weighted by Crippen LogP contribution is -2.13. The molecule has 0 aromatic heterocycles. The van der Waals surface area contributed by atoms with Crippen LogP contribution in [0.3, 0.4) is 0 Å². The van der Waals surface area contributed by atoms with Gasteiger partial charge in [0, 0.05) is 6.42 Å². The lowest BCUT2D eigenvalue weighted by atomic mass is 9.97. The zero-order valence-corrected chi connectivity index (χ0v) is 8.98. The van der Waals surface area contributed by atoms with Gasteiger partial charge in [-0.2, -0.15) is 0 Å². The van der Waals surface area contributed by atoms with Crippen LogP contribution in [0, 0.1) is 5.41 Å². The Morgan fingerprint density at radius 3 is 2.25 bits per heavy atom. The largest absolute Gasteiger partial charge is 0.387 e. The second-order valence-corrected chi connectivity index (χ2v) is 3.73. The van der Waals surface area contributed by atoms with E-state index < -0.39 is 0 Å². The third-order valence-corrected chi connectivity index (χ3v) is 2.48. The summed E-state index contributed by atoms with van der Waals surface area (Å²) in [7, 11) is 0. The van der Waals surface area contributed by atoms with E-state index in [1.165, 1.54) is 5.56 Å². The Morgan fingerprint density at radius 2 is 1.56 bits per heavy atom. The first-order chi connectivity index (χ1) is 7.77. The molecule has 0 aliphatic heterocycles. The zero-order valence-electron chi connectivity index (χ0n) is 8.98. The van der Waals surface area contributed by atoms with Crippen molar-refractivity contribution in [3.05, 3.63) is 60.2 Å². The molecule has 0 fully saturated rings. The second kappa shape index (κ2) is 4.62. The van der Waals surface area contributed by atoms with Crippen LogP contribution in [0.5, 0.6) is 0 Å². The molecule has 0 atom stereocenters. The fourth-order valence-electron chi connectivity index (χ4n) is 1.78. The normalized spacial score (nSPS) is 10.0. The summed E-state index contributed by atoms with van der Waals surface area (Å²) in [6.45, 7) is 0. The topological polar surface area (TPSA) is 49.9 Å². The number of amidine groups is 1. The van der Waals surface area contributed by atoms with Gasteiger partial charge in [-0.1, -0.05) is 54.6 Å². The summed E-state index contributed by atoms with van der Waals surface area (Å²) in [4.78, 5) is 0. The van der Waals surface area contributed by atoms with Crippen molar-refractivity contribution >= 4 is 5.84 Å². The van der Waals surface area contributed by atoms with Gasteiger partial charge < -0.3 is 5.73 Å². The third kappa shape index (κ3) is 2.28. The molecule has 0 aliphatic rings. The van der Waals surface area contributed by atoms with Gasteiger partial charge in [-0.15, -0.1) is 0 Å². The van der Waals surface area contributed by atoms with E-state index in [1.807, 2.05) is 36.4 Å². The van der Waals surface area contributed by atoms with E-state index in [9.17, 15) is 0 Å². The van der Waals surface area contributed by atoms with Gasteiger partial charge in [-0.05, 0) is 16.7 Å². The third-order valence-electron chi connectivity index (χ3n) is 2.48. The number of nitrogens with one attached hydrogen (secondary N) is 1. The van der Waals surface area contributed by atoms with Crippen molar-refractivity contribution in [1.82, 2.24) is 0 Å². The predicted molar refractivity (Wildman–Crippen MR) is 67.5 cm³/mol. The highest BCUT2D eigenvalue weighted by atomic mass is 14.7. The summed E-state index contributed by atoms with van der Waals surface area (Å²) >= 11 is 0. The monoisotopic (exact) mass is 210 g/mol. The summed E-state index contributed by atoms with van der Waals surface area (Å²) in [6, 6.07) is 18.2. The van der Waals surface area contributed by atoms with Crippen LogP contribution in [0.4, 0.5) is 0 Å². The SMILES string of the molecule is N=C(N)Cc1ccccc1-c1ccccc1. The van der Waals surface area contributed by atoms with Gasteiger partial charge in [0.25, 0.3) is 0 Å². The van der Waals surface area contributed by atoms with Crippen LogP contribution in [0.15, 0.2) is 54.6 Å². The molecule has 0 heterocycles. The van der Waals surface area contributed by atoms with Crippen molar-refractivity contribution in [3.8, 4) is 11.1 Å². The molecule has 0 spiro atoms. The molecule has 0 saturated carbocycles. The Hall–Kier alpha value is -2.09. The molecule has 0 unspecified atom stereocenters. The van der Waals surface area contributed by atoms with Crippen LogP contribution in [0.2, 0.25) is 0 Å². The number of benzene rings is 2. The summed E-state index contributed by atoms with van der Waals surface area (Å²) in [6.07, 6.45) is 0.505. The van der Waals surface area contributed by atoms with E-state index in [2.05, 4.69) is 18.2 Å². The second-order valence-electron chi connectivity index (χ2n) is 3.73. The van der Waals surface area contributed by atoms with Crippen LogP contribution in [-0.4, -0.2) is 5.84 Å². The van der Waals surface area contributed by atoms with Gasteiger partial charge in [0.15, 0.2) is 0 Å². The van der Waals surface area contributed by atoms with Crippen molar-refractivity contribution in [3.63, 3.8) is 0 Å². The van der Waals surface area contributed by atoms with Gasteiger partial charge in [0.1, 0.15) is 0 Å². The van der Waals surface area contributed by atoms with Crippen molar-refractivity contribution in [2.24, 2.45) is 5.73 Å². The Labute approximate surface area is 95.2 Å². The number of nitrogens with two attached hydrogens (primary N) is 1. The summed E-state index contributed by atoms with van der Waals surface area (Å²) in [5.41, 5.74) is 8.87. The van der Waals surface area contributed by atoms with Gasteiger partial charge >= 0.3 is 0 Å². The van der Waals surface area contributed by atoms with E-state index in [0.29, 0.717) is 6.42 Å². The quantitative estimate of drug-likeness (QED) is 0.594. The zero-order chi connectivity index (χ0) is 11.4. The maximum atomic E-state index is 7.37. The van der Waals surface area contributed by atoms with E-state index in [4.69, 9.17) is 11.1 Å². The molecule has 2 aromatic carbocycles. The van der Waals surface area contributed by atoms with Gasteiger partial charge in [0.2, 0.25) is 0 Å². The molecular weight excluding hydrogens is 196 g/mol. The van der Waals surface area contributed by atoms with Crippen molar-refractivity contribution < 1.29 is 0 Å². The van der Waals surface area contributed by atoms with Gasteiger partial charge in [0.05, 0.1) is 5.84 Å². The minimum atomic E-state index is 0.198. The molecular formula is C14H14N2. The van der Waals surface area contributed by atoms with E-state index in [-0.39, 0.29) is 5.84 Å². The van der Waals surface area contributed by atoms with Gasteiger partial charge in [-0.3, -0.25) is 5.41 Å². The molecule has 0 amide bonds. The molecule has 0 bridgehead atoms. The molecule has 80 valence electrons. The summed E-state index contributed by atoms with van der Waals surface area (Å²) < 4.78 is 0. The van der Waals surface area contributed by atoms with Crippen LogP contribution in [-0.2, 0) is 6.42 Å². The van der Waals surface area contributed by atoms with Crippen molar-refractivity contribution in [1.29, 1.82) is 5.41 Å². The molecule has 0 aliphatic carbocycles. The van der Waals surface area contributed by atoms with Crippen LogP contribution in [0.1, 0.15) is 5.56 Å².